The fourth-order valence-corrected chi connectivity index (χ4v) is 4.90. The zero-order chi connectivity index (χ0) is 23.1. The minimum absolute atomic E-state index is 0.218. The Morgan fingerprint density at radius 2 is 1.62 bits per heavy atom. The predicted octanol–water partition coefficient (Wildman–Crippen LogP) is 7.60. The summed E-state index contributed by atoms with van der Waals surface area (Å²) in [7, 11) is 0. The molecule has 2 heteroatoms. The van der Waals surface area contributed by atoms with Crippen LogP contribution in [0.1, 0.15) is 85.4 Å². The molecule has 4 rings (SSSR count). The first-order chi connectivity index (χ1) is 15.0. The first-order valence-electron chi connectivity index (χ1n) is 11.8. The number of hydrogen-bond donors (Lipinski definition) is 1. The van der Waals surface area contributed by atoms with Gasteiger partial charge < -0.3 is 9.73 Å². The van der Waals surface area contributed by atoms with Crippen molar-refractivity contribution in [1.29, 1.82) is 0 Å². The number of rotatable bonds is 6. The third kappa shape index (κ3) is 4.55. The standard InChI is InChI=1S/C30H37NO/c1-20-9-8-10-23(15-20)19-31-22(3)28-12-11-25(32-28)17-24-18-27-26(16-21(24)2)29(4,5)13-14-30(27,6)7/h8-12,15-16,18,31H,3,13-14,17,19H2,1-2,4-7H3. The van der Waals surface area contributed by atoms with E-state index in [2.05, 4.69) is 95.9 Å². The maximum atomic E-state index is 6.19. The van der Waals surface area contributed by atoms with Crippen LogP contribution < -0.4 is 5.32 Å². The predicted molar refractivity (Wildman–Crippen MR) is 135 cm³/mol. The summed E-state index contributed by atoms with van der Waals surface area (Å²) in [4.78, 5) is 0. The average molecular weight is 428 g/mol. The second-order valence-electron chi connectivity index (χ2n) is 10.9. The highest BCUT2D eigenvalue weighted by Gasteiger charge is 2.37. The van der Waals surface area contributed by atoms with Crippen LogP contribution in [-0.4, -0.2) is 0 Å². The van der Waals surface area contributed by atoms with Crippen molar-refractivity contribution in [2.24, 2.45) is 0 Å². The van der Waals surface area contributed by atoms with Crippen molar-refractivity contribution in [2.45, 2.75) is 78.2 Å². The molecule has 0 atom stereocenters. The lowest BCUT2D eigenvalue weighted by Gasteiger charge is -2.42. The van der Waals surface area contributed by atoms with E-state index in [1.54, 1.807) is 0 Å². The second-order valence-corrected chi connectivity index (χ2v) is 10.9. The van der Waals surface area contributed by atoms with Crippen molar-refractivity contribution in [1.82, 2.24) is 5.32 Å². The zero-order valence-corrected chi connectivity index (χ0v) is 20.6. The van der Waals surface area contributed by atoms with Crippen LogP contribution >= 0.6 is 0 Å². The summed E-state index contributed by atoms with van der Waals surface area (Å²) >= 11 is 0. The lowest BCUT2D eigenvalue weighted by molar-refractivity contribution is 0.331. The molecule has 0 spiro atoms. The molecule has 32 heavy (non-hydrogen) atoms. The number of fused-ring (bicyclic) bond motifs is 1. The highest BCUT2D eigenvalue weighted by molar-refractivity contribution is 5.57. The second kappa shape index (κ2) is 8.31. The highest BCUT2D eigenvalue weighted by atomic mass is 16.3. The molecule has 3 aromatic rings. The van der Waals surface area contributed by atoms with Gasteiger partial charge >= 0.3 is 0 Å². The number of aryl methyl sites for hydroxylation is 2. The Labute approximate surface area is 193 Å². The molecule has 1 heterocycles. The summed E-state index contributed by atoms with van der Waals surface area (Å²) < 4.78 is 6.19. The molecule has 0 saturated carbocycles. The molecule has 0 fully saturated rings. The molecule has 0 unspecified atom stereocenters. The molecule has 0 amide bonds. The van der Waals surface area contributed by atoms with E-state index < -0.39 is 0 Å². The van der Waals surface area contributed by atoms with Gasteiger partial charge in [-0.3, -0.25) is 0 Å². The Bertz CT molecular complexity index is 1150. The van der Waals surface area contributed by atoms with Crippen LogP contribution in [0.15, 0.2) is 59.5 Å². The lowest BCUT2D eigenvalue weighted by Crippen LogP contribution is -2.34. The van der Waals surface area contributed by atoms with Gasteiger partial charge in [-0.2, -0.15) is 0 Å². The summed E-state index contributed by atoms with van der Waals surface area (Å²) in [6.45, 7) is 18.8. The molecule has 0 aliphatic heterocycles. The first kappa shape index (κ1) is 22.5. The van der Waals surface area contributed by atoms with Crippen molar-refractivity contribution in [2.75, 3.05) is 0 Å². The van der Waals surface area contributed by atoms with Crippen LogP contribution in [-0.2, 0) is 23.8 Å². The number of furan rings is 1. The smallest absolute Gasteiger partial charge is 0.149 e. The molecule has 2 nitrogen and oxygen atoms in total. The van der Waals surface area contributed by atoms with Gasteiger partial charge in [-0.25, -0.2) is 0 Å². The van der Waals surface area contributed by atoms with Crippen molar-refractivity contribution in [3.8, 4) is 0 Å². The number of benzene rings is 2. The normalized spacial score (nSPS) is 16.4. The first-order valence-corrected chi connectivity index (χ1v) is 11.8. The van der Waals surface area contributed by atoms with Gasteiger partial charge in [0.1, 0.15) is 11.5 Å². The van der Waals surface area contributed by atoms with Crippen LogP contribution in [0.5, 0.6) is 0 Å². The van der Waals surface area contributed by atoms with E-state index in [9.17, 15) is 0 Å². The quantitative estimate of drug-likeness (QED) is 0.438. The lowest BCUT2D eigenvalue weighted by atomic mass is 9.62. The number of nitrogens with one attached hydrogen (secondary N) is 1. The Kier molecular flexibility index (Phi) is 5.83. The van der Waals surface area contributed by atoms with E-state index in [0.29, 0.717) is 0 Å². The highest BCUT2D eigenvalue weighted by Crippen LogP contribution is 2.46. The summed E-state index contributed by atoms with van der Waals surface area (Å²) in [5.41, 5.74) is 9.52. The Hall–Kier alpha value is -2.74. The van der Waals surface area contributed by atoms with Crippen LogP contribution in [0.3, 0.4) is 0 Å². The van der Waals surface area contributed by atoms with Gasteiger partial charge in [-0.15, -0.1) is 0 Å². The molecule has 168 valence electrons. The summed E-state index contributed by atoms with van der Waals surface area (Å²) in [5.74, 6) is 1.79. The Balaban J connectivity index is 1.50. The van der Waals surface area contributed by atoms with Crippen molar-refractivity contribution in [3.63, 3.8) is 0 Å². The van der Waals surface area contributed by atoms with Crippen molar-refractivity contribution in [3.05, 3.63) is 100 Å². The fourth-order valence-electron chi connectivity index (χ4n) is 4.90. The van der Waals surface area contributed by atoms with Crippen LogP contribution in [0.25, 0.3) is 5.70 Å². The maximum absolute atomic E-state index is 6.19. The Morgan fingerprint density at radius 3 is 2.31 bits per heavy atom. The third-order valence-corrected chi connectivity index (χ3v) is 7.22. The Morgan fingerprint density at radius 1 is 0.938 bits per heavy atom. The van der Waals surface area contributed by atoms with Crippen LogP contribution in [0.4, 0.5) is 0 Å². The third-order valence-electron chi connectivity index (χ3n) is 7.22. The van der Waals surface area contributed by atoms with Crippen molar-refractivity contribution >= 4 is 5.70 Å². The van der Waals surface area contributed by atoms with Crippen LogP contribution in [0, 0.1) is 13.8 Å². The van der Waals surface area contributed by atoms with E-state index in [-0.39, 0.29) is 10.8 Å². The van der Waals surface area contributed by atoms with Gasteiger partial charge in [-0.1, -0.05) is 76.2 Å². The van der Waals surface area contributed by atoms with Gasteiger partial charge in [0, 0.05) is 13.0 Å². The van der Waals surface area contributed by atoms with E-state index in [1.165, 1.54) is 46.2 Å². The summed E-state index contributed by atoms with van der Waals surface area (Å²) in [5, 5.41) is 3.40. The fraction of sp³-hybridized carbons (Fsp3) is 0.400. The number of hydrogen-bond acceptors (Lipinski definition) is 2. The van der Waals surface area contributed by atoms with E-state index in [1.807, 2.05) is 6.07 Å². The van der Waals surface area contributed by atoms with Crippen LogP contribution in [0.2, 0.25) is 0 Å². The average Bonchev–Trinajstić information content (AvgIpc) is 3.20. The molecular weight excluding hydrogens is 390 g/mol. The van der Waals surface area contributed by atoms with Gasteiger partial charge in [-0.05, 0) is 77.5 Å². The van der Waals surface area contributed by atoms with Gasteiger partial charge in [0.15, 0.2) is 0 Å². The van der Waals surface area contributed by atoms with Gasteiger partial charge in [0.2, 0.25) is 0 Å². The minimum atomic E-state index is 0.218. The van der Waals surface area contributed by atoms with E-state index in [4.69, 9.17) is 4.42 Å². The van der Waals surface area contributed by atoms with E-state index in [0.717, 1.165) is 30.2 Å². The topological polar surface area (TPSA) is 25.2 Å². The molecule has 1 aliphatic rings. The molecule has 2 aromatic carbocycles. The monoisotopic (exact) mass is 427 g/mol. The molecular formula is C30H37NO. The summed E-state index contributed by atoms with van der Waals surface area (Å²) in [6, 6.07) is 17.5. The van der Waals surface area contributed by atoms with Gasteiger partial charge in [0.05, 0.1) is 5.70 Å². The van der Waals surface area contributed by atoms with E-state index >= 15 is 0 Å². The largest absolute Gasteiger partial charge is 0.459 e. The SMILES string of the molecule is C=C(NCc1cccc(C)c1)c1ccc(Cc2cc3c(cc2C)C(C)(C)CCC3(C)C)o1. The molecule has 0 saturated heterocycles. The minimum Gasteiger partial charge on any atom is -0.459 e. The molecule has 0 bridgehead atoms. The molecule has 1 aromatic heterocycles. The molecule has 0 radical (unpaired) electrons. The van der Waals surface area contributed by atoms with Gasteiger partial charge in [0.25, 0.3) is 0 Å². The maximum Gasteiger partial charge on any atom is 0.149 e. The molecule has 1 aliphatic carbocycles. The van der Waals surface area contributed by atoms with Crippen molar-refractivity contribution < 1.29 is 4.42 Å². The molecule has 1 N–H and O–H groups in total. The zero-order valence-electron chi connectivity index (χ0n) is 20.6. The summed E-state index contributed by atoms with van der Waals surface area (Å²) in [6.07, 6.45) is 3.28.